The molecule has 1 aliphatic rings. The molecule has 1 N–H and O–H groups in total. The quantitative estimate of drug-likeness (QED) is 0.741. The zero-order valence-corrected chi connectivity index (χ0v) is 14.0. The van der Waals surface area contributed by atoms with Crippen LogP contribution in [-0.4, -0.2) is 60.0 Å². The number of carbonyl (C=O) groups excluding carboxylic acids is 1. The van der Waals surface area contributed by atoms with Crippen molar-refractivity contribution < 1.29 is 4.79 Å². The average molecular weight is 283 g/mol. The van der Waals surface area contributed by atoms with E-state index in [1.807, 2.05) is 0 Å². The van der Waals surface area contributed by atoms with Crippen LogP contribution in [0.1, 0.15) is 53.9 Å². The predicted molar refractivity (Wildman–Crippen MR) is 84.9 cm³/mol. The van der Waals surface area contributed by atoms with Crippen LogP contribution in [0.4, 0.5) is 0 Å². The van der Waals surface area contributed by atoms with E-state index < -0.39 is 0 Å². The molecule has 1 rings (SSSR count). The summed E-state index contributed by atoms with van der Waals surface area (Å²) >= 11 is 0. The first-order valence-corrected chi connectivity index (χ1v) is 8.25. The second kappa shape index (κ2) is 8.63. The van der Waals surface area contributed by atoms with Gasteiger partial charge in [0, 0.05) is 31.7 Å². The standard InChI is InChI=1S/C16H33N3O/c1-6-9-17-15-8-7-10-18(16(15)20)11-12-19(13(2)3)14(4)5/h13-15,17H,6-12H2,1-5H3. The number of hydrogen-bond acceptors (Lipinski definition) is 3. The Labute approximate surface area is 124 Å². The maximum Gasteiger partial charge on any atom is 0.239 e. The summed E-state index contributed by atoms with van der Waals surface area (Å²) in [5.74, 6) is 0.303. The van der Waals surface area contributed by atoms with Crippen LogP contribution in [0.15, 0.2) is 0 Å². The van der Waals surface area contributed by atoms with Gasteiger partial charge in [0.2, 0.25) is 5.91 Å². The van der Waals surface area contributed by atoms with Crippen LogP contribution < -0.4 is 5.32 Å². The zero-order valence-electron chi connectivity index (χ0n) is 14.0. The molecule has 0 aromatic rings. The van der Waals surface area contributed by atoms with Crippen LogP contribution in [0.5, 0.6) is 0 Å². The summed E-state index contributed by atoms with van der Waals surface area (Å²) in [4.78, 5) is 16.9. The lowest BCUT2D eigenvalue weighted by Crippen LogP contribution is -2.53. The van der Waals surface area contributed by atoms with Crippen LogP contribution >= 0.6 is 0 Å². The molecule has 1 amide bonds. The Kier molecular flexibility index (Phi) is 7.52. The fourth-order valence-corrected chi connectivity index (χ4v) is 3.02. The molecular weight excluding hydrogens is 250 g/mol. The molecule has 118 valence electrons. The minimum Gasteiger partial charge on any atom is -0.340 e. The molecule has 0 aromatic heterocycles. The number of hydrogen-bond donors (Lipinski definition) is 1. The highest BCUT2D eigenvalue weighted by atomic mass is 16.2. The van der Waals surface area contributed by atoms with E-state index in [0.29, 0.717) is 18.0 Å². The summed E-state index contributed by atoms with van der Waals surface area (Å²) in [7, 11) is 0. The third-order valence-corrected chi connectivity index (χ3v) is 4.13. The van der Waals surface area contributed by atoms with Crippen molar-refractivity contribution in [3.05, 3.63) is 0 Å². The molecule has 4 heteroatoms. The molecule has 0 aliphatic carbocycles. The van der Waals surface area contributed by atoms with Crippen molar-refractivity contribution in [3.8, 4) is 0 Å². The number of amides is 1. The summed E-state index contributed by atoms with van der Waals surface area (Å²) in [5.41, 5.74) is 0. The molecule has 0 spiro atoms. The first-order valence-electron chi connectivity index (χ1n) is 8.25. The largest absolute Gasteiger partial charge is 0.340 e. The van der Waals surface area contributed by atoms with Crippen molar-refractivity contribution in [2.75, 3.05) is 26.2 Å². The molecule has 0 aromatic carbocycles. The summed E-state index contributed by atoms with van der Waals surface area (Å²) in [6.45, 7) is 14.7. The maximum absolute atomic E-state index is 12.4. The molecule has 1 saturated heterocycles. The van der Waals surface area contributed by atoms with Crippen molar-refractivity contribution in [2.45, 2.75) is 72.0 Å². The minimum atomic E-state index is 0.0512. The van der Waals surface area contributed by atoms with Crippen LogP contribution in [-0.2, 0) is 4.79 Å². The highest BCUT2D eigenvalue weighted by Crippen LogP contribution is 2.13. The van der Waals surface area contributed by atoms with E-state index in [4.69, 9.17) is 0 Å². The Morgan fingerprint density at radius 3 is 2.50 bits per heavy atom. The first kappa shape index (κ1) is 17.4. The molecule has 1 heterocycles. The van der Waals surface area contributed by atoms with Gasteiger partial charge < -0.3 is 10.2 Å². The minimum absolute atomic E-state index is 0.0512. The van der Waals surface area contributed by atoms with E-state index in [1.54, 1.807) is 0 Å². The SMILES string of the molecule is CCCNC1CCCN(CCN(C(C)C)C(C)C)C1=O. The van der Waals surface area contributed by atoms with Gasteiger partial charge in [-0.2, -0.15) is 0 Å². The fraction of sp³-hybridized carbons (Fsp3) is 0.938. The van der Waals surface area contributed by atoms with Crippen LogP contribution in [0, 0.1) is 0 Å². The lowest BCUT2D eigenvalue weighted by molar-refractivity contribution is -0.136. The summed E-state index contributed by atoms with van der Waals surface area (Å²) in [5, 5.41) is 3.38. The molecule has 1 unspecified atom stereocenters. The van der Waals surface area contributed by atoms with Gasteiger partial charge >= 0.3 is 0 Å². The van der Waals surface area contributed by atoms with Gasteiger partial charge in [-0.1, -0.05) is 6.92 Å². The summed E-state index contributed by atoms with van der Waals surface area (Å²) in [6, 6.07) is 1.11. The van der Waals surface area contributed by atoms with Crippen LogP contribution in [0.25, 0.3) is 0 Å². The van der Waals surface area contributed by atoms with E-state index in [1.165, 1.54) is 0 Å². The van der Waals surface area contributed by atoms with Crippen LogP contribution in [0.3, 0.4) is 0 Å². The number of nitrogens with zero attached hydrogens (tertiary/aromatic N) is 2. The van der Waals surface area contributed by atoms with E-state index in [9.17, 15) is 4.79 Å². The molecule has 0 radical (unpaired) electrons. The molecule has 0 bridgehead atoms. The molecule has 0 saturated carbocycles. The van der Waals surface area contributed by atoms with Gasteiger partial charge in [0.15, 0.2) is 0 Å². The molecule has 1 aliphatic heterocycles. The Morgan fingerprint density at radius 1 is 1.30 bits per heavy atom. The van der Waals surface area contributed by atoms with Crippen molar-refractivity contribution in [1.82, 2.24) is 15.1 Å². The summed E-state index contributed by atoms with van der Waals surface area (Å²) < 4.78 is 0. The van der Waals surface area contributed by atoms with Gasteiger partial charge in [-0.05, 0) is 53.5 Å². The van der Waals surface area contributed by atoms with Gasteiger partial charge in [-0.25, -0.2) is 0 Å². The van der Waals surface area contributed by atoms with Crippen LogP contribution in [0.2, 0.25) is 0 Å². The molecule has 1 atom stereocenters. The molecule has 1 fully saturated rings. The lowest BCUT2D eigenvalue weighted by atomic mass is 10.0. The number of rotatable bonds is 8. The van der Waals surface area contributed by atoms with Gasteiger partial charge in [-0.15, -0.1) is 0 Å². The number of nitrogens with one attached hydrogen (secondary N) is 1. The van der Waals surface area contributed by atoms with Crippen molar-refractivity contribution >= 4 is 5.91 Å². The third kappa shape index (κ3) is 5.06. The molecule has 20 heavy (non-hydrogen) atoms. The van der Waals surface area contributed by atoms with Gasteiger partial charge in [0.05, 0.1) is 6.04 Å². The van der Waals surface area contributed by atoms with E-state index in [0.717, 1.165) is 45.4 Å². The molecular formula is C16H33N3O. The topological polar surface area (TPSA) is 35.6 Å². The molecule has 4 nitrogen and oxygen atoms in total. The summed E-state index contributed by atoms with van der Waals surface area (Å²) in [6.07, 6.45) is 3.20. The van der Waals surface area contributed by atoms with Crippen molar-refractivity contribution in [1.29, 1.82) is 0 Å². The first-order chi connectivity index (χ1) is 9.47. The number of likely N-dealkylation sites (tertiary alicyclic amines) is 1. The van der Waals surface area contributed by atoms with Crippen molar-refractivity contribution in [2.24, 2.45) is 0 Å². The fourth-order valence-electron chi connectivity index (χ4n) is 3.02. The number of carbonyl (C=O) groups is 1. The highest BCUT2D eigenvalue weighted by Gasteiger charge is 2.28. The monoisotopic (exact) mass is 283 g/mol. The smallest absolute Gasteiger partial charge is 0.239 e. The van der Waals surface area contributed by atoms with E-state index in [2.05, 4.69) is 49.7 Å². The second-order valence-electron chi connectivity index (χ2n) is 6.40. The van der Waals surface area contributed by atoms with Crippen molar-refractivity contribution in [3.63, 3.8) is 0 Å². The third-order valence-electron chi connectivity index (χ3n) is 4.13. The predicted octanol–water partition coefficient (Wildman–Crippen LogP) is 2.10. The maximum atomic E-state index is 12.4. The zero-order chi connectivity index (χ0) is 15.1. The Balaban J connectivity index is 2.47. The van der Waals surface area contributed by atoms with E-state index in [-0.39, 0.29) is 6.04 Å². The highest BCUT2D eigenvalue weighted by molar-refractivity contribution is 5.82. The van der Waals surface area contributed by atoms with Gasteiger partial charge in [-0.3, -0.25) is 9.69 Å². The normalized spacial score (nSPS) is 20.5. The van der Waals surface area contributed by atoms with E-state index >= 15 is 0 Å². The van der Waals surface area contributed by atoms with Gasteiger partial charge in [0.1, 0.15) is 0 Å². The average Bonchev–Trinajstić information content (AvgIpc) is 2.38. The second-order valence-corrected chi connectivity index (χ2v) is 6.40. The Morgan fingerprint density at radius 2 is 1.95 bits per heavy atom. The Hall–Kier alpha value is -0.610. The Bertz CT molecular complexity index is 283. The van der Waals surface area contributed by atoms with Gasteiger partial charge in [0.25, 0.3) is 0 Å². The lowest BCUT2D eigenvalue weighted by Gasteiger charge is -2.36. The number of piperidine rings is 1.